The van der Waals surface area contributed by atoms with Gasteiger partial charge in [-0.15, -0.1) is 0 Å². The lowest BCUT2D eigenvalue weighted by atomic mass is 9.75. The minimum absolute atomic E-state index is 0.224. The highest BCUT2D eigenvalue weighted by Crippen LogP contribution is 2.52. The molecule has 2 bridgehead atoms. The molecule has 0 radical (unpaired) electrons. The van der Waals surface area contributed by atoms with Crippen molar-refractivity contribution in [3.8, 4) is 0 Å². The molecule has 1 fully saturated rings. The van der Waals surface area contributed by atoms with Crippen molar-refractivity contribution < 1.29 is 23.8 Å². The van der Waals surface area contributed by atoms with Gasteiger partial charge in [-0.3, -0.25) is 9.59 Å². The molecule has 0 N–H and O–H groups in total. The molecule has 0 amide bonds. The van der Waals surface area contributed by atoms with Crippen LogP contribution >= 0.6 is 0 Å². The van der Waals surface area contributed by atoms with E-state index in [0.29, 0.717) is 0 Å². The molecule has 0 aromatic heterocycles. The highest BCUT2D eigenvalue weighted by Gasteiger charge is 2.62. The summed E-state index contributed by atoms with van der Waals surface area (Å²) in [5.41, 5.74) is 0.279. The van der Waals surface area contributed by atoms with E-state index in [1.807, 2.05) is 36.4 Å². The first-order valence-corrected chi connectivity index (χ1v) is 6.73. The van der Waals surface area contributed by atoms with Gasteiger partial charge < -0.3 is 14.2 Å². The van der Waals surface area contributed by atoms with Crippen LogP contribution in [0, 0.1) is 5.41 Å². The molecule has 2 atom stereocenters. The summed E-state index contributed by atoms with van der Waals surface area (Å²) in [5.74, 6) is -1.24. The Labute approximate surface area is 122 Å². The van der Waals surface area contributed by atoms with Gasteiger partial charge in [-0.25, -0.2) is 0 Å². The quantitative estimate of drug-likeness (QED) is 0.614. The summed E-state index contributed by atoms with van der Waals surface area (Å²) in [5, 5.41) is 0. The second-order valence-corrected chi connectivity index (χ2v) is 5.20. The molecule has 0 unspecified atom stereocenters. The van der Waals surface area contributed by atoms with Crippen molar-refractivity contribution in [3.63, 3.8) is 0 Å². The van der Waals surface area contributed by atoms with Crippen molar-refractivity contribution in [1.82, 2.24) is 0 Å². The standard InChI is InChI=1S/C16H16O5/c1-19-14(17)16(15(18)20-2)9-11-8-7-10-5-3-4-6-12(10)13(16)21-11/h3-8,11,13H,9H2,1-2H3/t11-,13+/m1/s1. The fourth-order valence-electron chi connectivity index (χ4n) is 3.16. The second kappa shape index (κ2) is 5.00. The summed E-state index contributed by atoms with van der Waals surface area (Å²) in [6, 6.07) is 7.54. The highest BCUT2D eigenvalue weighted by atomic mass is 16.6. The van der Waals surface area contributed by atoms with Gasteiger partial charge in [-0.2, -0.15) is 0 Å². The van der Waals surface area contributed by atoms with Gasteiger partial charge in [0.15, 0.2) is 5.41 Å². The maximum Gasteiger partial charge on any atom is 0.326 e. The molecule has 1 aromatic carbocycles. The third-order valence-electron chi connectivity index (χ3n) is 4.15. The number of rotatable bonds is 2. The van der Waals surface area contributed by atoms with Crippen LogP contribution in [-0.2, 0) is 23.8 Å². The van der Waals surface area contributed by atoms with Crippen LogP contribution in [0.1, 0.15) is 23.7 Å². The molecule has 2 aliphatic rings. The number of fused-ring (bicyclic) bond motifs is 4. The number of benzene rings is 1. The van der Waals surface area contributed by atoms with Gasteiger partial charge in [0.1, 0.15) is 6.10 Å². The monoisotopic (exact) mass is 288 g/mol. The van der Waals surface area contributed by atoms with Crippen LogP contribution < -0.4 is 0 Å². The van der Waals surface area contributed by atoms with E-state index in [1.165, 1.54) is 14.2 Å². The largest absolute Gasteiger partial charge is 0.468 e. The van der Waals surface area contributed by atoms with Crippen molar-refractivity contribution in [2.24, 2.45) is 5.41 Å². The third-order valence-corrected chi connectivity index (χ3v) is 4.15. The maximum absolute atomic E-state index is 12.4. The van der Waals surface area contributed by atoms with Gasteiger partial charge in [0.05, 0.1) is 20.3 Å². The summed E-state index contributed by atoms with van der Waals surface area (Å²) < 4.78 is 15.7. The van der Waals surface area contributed by atoms with Crippen LogP contribution in [-0.4, -0.2) is 32.3 Å². The molecule has 2 heterocycles. The van der Waals surface area contributed by atoms with Crippen LogP contribution in [0.2, 0.25) is 0 Å². The highest BCUT2D eigenvalue weighted by molar-refractivity contribution is 6.01. The van der Waals surface area contributed by atoms with Crippen LogP contribution in [0.4, 0.5) is 0 Å². The number of ether oxygens (including phenoxy) is 3. The van der Waals surface area contributed by atoms with Gasteiger partial charge in [0.2, 0.25) is 0 Å². The molecule has 5 nitrogen and oxygen atoms in total. The predicted octanol–water partition coefficient (Wildman–Crippen LogP) is 1.88. The molecule has 2 aliphatic heterocycles. The number of hydrogen-bond donors (Lipinski definition) is 0. The summed E-state index contributed by atoms with van der Waals surface area (Å²) in [4.78, 5) is 24.7. The van der Waals surface area contributed by atoms with E-state index in [2.05, 4.69) is 0 Å². The van der Waals surface area contributed by atoms with E-state index in [0.717, 1.165) is 11.1 Å². The van der Waals surface area contributed by atoms with Gasteiger partial charge in [-0.1, -0.05) is 36.4 Å². The van der Waals surface area contributed by atoms with Gasteiger partial charge >= 0.3 is 11.9 Å². The molecular weight excluding hydrogens is 272 g/mol. The Bertz CT molecular complexity index is 603. The van der Waals surface area contributed by atoms with Gasteiger partial charge in [0.25, 0.3) is 0 Å². The lowest BCUT2D eigenvalue weighted by Gasteiger charge is -2.29. The Hall–Kier alpha value is -2.14. The Morgan fingerprint density at radius 3 is 2.52 bits per heavy atom. The summed E-state index contributed by atoms with van der Waals surface area (Å²) in [6.45, 7) is 0. The molecule has 1 saturated heterocycles. The maximum atomic E-state index is 12.4. The average Bonchev–Trinajstić information content (AvgIpc) is 2.81. The lowest BCUT2D eigenvalue weighted by molar-refractivity contribution is -0.173. The Kier molecular flexibility index (Phi) is 3.29. The minimum atomic E-state index is -1.45. The van der Waals surface area contributed by atoms with E-state index in [1.54, 1.807) is 0 Å². The first-order chi connectivity index (χ1) is 10.1. The predicted molar refractivity (Wildman–Crippen MR) is 74.2 cm³/mol. The zero-order chi connectivity index (χ0) is 15.0. The molecule has 0 saturated carbocycles. The molecule has 0 aliphatic carbocycles. The Balaban J connectivity index is 2.18. The van der Waals surface area contributed by atoms with Crippen molar-refractivity contribution in [2.45, 2.75) is 18.6 Å². The SMILES string of the molecule is COC(=O)C1(C(=O)OC)C[C@H]2C=Cc3ccccc3[C@@H]1O2. The average molecular weight is 288 g/mol. The van der Waals surface area contributed by atoms with Crippen molar-refractivity contribution in [3.05, 3.63) is 41.5 Å². The molecule has 5 heteroatoms. The first kappa shape index (κ1) is 13.8. The lowest BCUT2D eigenvalue weighted by Crippen LogP contribution is -2.44. The van der Waals surface area contributed by atoms with Crippen LogP contribution in [0.3, 0.4) is 0 Å². The smallest absolute Gasteiger partial charge is 0.326 e. The topological polar surface area (TPSA) is 61.8 Å². The summed E-state index contributed by atoms with van der Waals surface area (Å²) in [7, 11) is 2.54. The van der Waals surface area contributed by atoms with Gasteiger partial charge in [0, 0.05) is 6.42 Å². The Morgan fingerprint density at radius 2 is 1.86 bits per heavy atom. The van der Waals surface area contributed by atoms with Gasteiger partial charge in [-0.05, 0) is 11.1 Å². The molecule has 21 heavy (non-hydrogen) atoms. The summed E-state index contributed by atoms with van der Waals surface area (Å²) >= 11 is 0. The first-order valence-electron chi connectivity index (χ1n) is 6.73. The normalized spacial score (nSPS) is 24.9. The summed E-state index contributed by atoms with van der Waals surface area (Å²) in [6.07, 6.45) is 3.03. The van der Waals surface area contributed by atoms with Crippen LogP contribution in [0.5, 0.6) is 0 Å². The number of carbonyl (C=O) groups excluding carboxylic acids is 2. The van der Waals surface area contributed by atoms with E-state index < -0.39 is 23.5 Å². The molecule has 110 valence electrons. The zero-order valence-electron chi connectivity index (χ0n) is 11.9. The number of methoxy groups -OCH3 is 2. The number of carbonyl (C=O) groups is 2. The molecule has 1 aromatic rings. The molecule has 0 spiro atoms. The number of esters is 2. The fourth-order valence-corrected chi connectivity index (χ4v) is 3.16. The van der Waals surface area contributed by atoms with Crippen molar-refractivity contribution >= 4 is 18.0 Å². The van der Waals surface area contributed by atoms with Crippen LogP contribution in [0.15, 0.2) is 30.3 Å². The zero-order valence-corrected chi connectivity index (χ0v) is 11.9. The third kappa shape index (κ3) is 1.88. The molecule has 3 rings (SSSR count). The van der Waals surface area contributed by atoms with Crippen molar-refractivity contribution in [2.75, 3.05) is 14.2 Å². The van der Waals surface area contributed by atoms with Crippen molar-refractivity contribution in [1.29, 1.82) is 0 Å². The minimum Gasteiger partial charge on any atom is -0.468 e. The van der Waals surface area contributed by atoms with Crippen LogP contribution in [0.25, 0.3) is 6.08 Å². The van der Waals surface area contributed by atoms with E-state index in [9.17, 15) is 9.59 Å². The molecular formula is C16H16O5. The second-order valence-electron chi connectivity index (χ2n) is 5.20. The van der Waals surface area contributed by atoms with E-state index in [-0.39, 0.29) is 12.5 Å². The number of hydrogen-bond acceptors (Lipinski definition) is 5. The Morgan fingerprint density at radius 1 is 1.19 bits per heavy atom. The fraction of sp³-hybridized carbons (Fsp3) is 0.375. The van der Waals surface area contributed by atoms with E-state index in [4.69, 9.17) is 14.2 Å². The van der Waals surface area contributed by atoms with E-state index >= 15 is 0 Å².